The Labute approximate surface area is 92.6 Å². The summed E-state index contributed by atoms with van der Waals surface area (Å²) in [5.74, 6) is -0.161. The molecule has 0 amide bonds. The van der Waals surface area contributed by atoms with E-state index in [2.05, 4.69) is 4.98 Å². The predicted molar refractivity (Wildman–Crippen MR) is 61.7 cm³/mol. The average Bonchev–Trinajstić information content (AvgIpc) is 2.50. The van der Waals surface area contributed by atoms with Crippen LogP contribution in [-0.2, 0) is 0 Å². The van der Waals surface area contributed by atoms with E-state index in [1.807, 2.05) is 19.9 Å². The molecule has 0 unspecified atom stereocenters. The summed E-state index contributed by atoms with van der Waals surface area (Å²) in [5.41, 5.74) is 2.05. The fourth-order valence-electron chi connectivity index (χ4n) is 1.61. The maximum Gasteiger partial charge on any atom is 0.135 e. The first-order chi connectivity index (χ1) is 7.09. The van der Waals surface area contributed by atoms with Crippen LogP contribution in [0.15, 0.2) is 18.2 Å². The molecule has 0 radical (unpaired) electrons. The van der Waals surface area contributed by atoms with Crippen molar-refractivity contribution in [3.63, 3.8) is 0 Å². The van der Waals surface area contributed by atoms with Gasteiger partial charge >= 0.3 is 0 Å². The number of hydrogen-bond acceptors (Lipinski definition) is 2. The van der Waals surface area contributed by atoms with E-state index in [0.717, 1.165) is 15.6 Å². The molecule has 78 valence electrons. The molecule has 2 rings (SSSR count). The molecule has 0 aliphatic carbocycles. The number of benzene rings is 1. The molecule has 0 saturated carbocycles. The predicted octanol–water partition coefficient (Wildman–Crippen LogP) is 3.87. The number of halogens is 1. The number of aryl methyl sites for hydroxylation is 3. The fraction of sp³-hybridized carbons (Fsp3) is 0.250. The summed E-state index contributed by atoms with van der Waals surface area (Å²) in [6.07, 6.45) is 0. The molecule has 3 heteroatoms. The van der Waals surface area contributed by atoms with E-state index in [1.165, 1.54) is 0 Å². The molecular formula is C12H12FNS. The van der Waals surface area contributed by atoms with Crippen molar-refractivity contribution >= 4 is 11.3 Å². The van der Waals surface area contributed by atoms with E-state index >= 15 is 0 Å². The van der Waals surface area contributed by atoms with Crippen molar-refractivity contribution in [1.29, 1.82) is 0 Å². The Morgan fingerprint density at radius 2 is 1.93 bits per heavy atom. The highest BCUT2D eigenvalue weighted by Gasteiger charge is 2.12. The Balaban J connectivity index is 2.64. The minimum absolute atomic E-state index is 0.161. The zero-order chi connectivity index (χ0) is 11.0. The molecule has 1 nitrogen and oxygen atoms in total. The van der Waals surface area contributed by atoms with Crippen LogP contribution in [0.1, 0.15) is 15.4 Å². The molecule has 0 aliphatic rings. The van der Waals surface area contributed by atoms with Gasteiger partial charge in [-0.3, -0.25) is 0 Å². The normalized spacial score (nSPS) is 10.7. The standard InChI is InChI=1S/C12H12FNS/c1-7-5-4-6-10(11(7)13)12-8(2)15-9(3)14-12/h4-6H,1-3H3. The number of aromatic nitrogens is 1. The van der Waals surface area contributed by atoms with Gasteiger partial charge in [-0.2, -0.15) is 0 Å². The molecule has 0 N–H and O–H groups in total. The number of rotatable bonds is 1. The Morgan fingerprint density at radius 1 is 1.20 bits per heavy atom. The molecular weight excluding hydrogens is 209 g/mol. The number of hydrogen-bond donors (Lipinski definition) is 0. The third-order valence-corrected chi connectivity index (χ3v) is 3.24. The molecule has 1 aromatic heterocycles. The summed E-state index contributed by atoms with van der Waals surface area (Å²) >= 11 is 1.60. The molecule has 1 aromatic carbocycles. The molecule has 0 bridgehead atoms. The van der Waals surface area contributed by atoms with E-state index < -0.39 is 0 Å². The van der Waals surface area contributed by atoms with Gasteiger partial charge in [-0.25, -0.2) is 9.37 Å². The summed E-state index contributed by atoms with van der Waals surface area (Å²) in [5, 5.41) is 0.975. The molecule has 0 spiro atoms. The molecule has 0 saturated heterocycles. The van der Waals surface area contributed by atoms with Gasteiger partial charge in [-0.1, -0.05) is 12.1 Å². The zero-order valence-corrected chi connectivity index (χ0v) is 9.78. The van der Waals surface area contributed by atoms with Crippen molar-refractivity contribution in [2.45, 2.75) is 20.8 Å². The van der Waals surface area contributed by atoms with Crippen LogP contribution in [0.3, 0.4) is 0 Å². The van der Waals surface area contributed by atoms with E-state index in [9.17, 15) is 4.39 Å². The van der Waals surface area contributed by atoms with E-state index in [1.54, 1.807) is 30.4 Å². The highest BCUT2D eigenvalue weighted by Crippen LogP contribution is 2.29. The number of nitrogens with zero attached hydrogens (tertiary/aromatic N) is 1. The third kappa shape index (κ3) is 1.79. The largest absolute Gasteiger partial charge is 0.241 e. The lowest BCUT2D eigenvalue weighted by molar-refractivity contribution is 0.621. The van der Waals surface area contributed by atoms with Crippen LogP contribution in [-0.4, -0.2) is 4.98 Å². The second-order valence-corrected chi connectivity index (χ2v) is 4.98. The Bertz CT molecular complexity index is 502. The number of thiazole rings is 1. The van der Waals surface area contributed by atoms with Crippen molar-refractivity contribution in [3.05, 3.63) is 39.5 Å². The molecule has 15 heavy (non-hydrogen) atoms. The van der Waals surface area contributed by atoms with E-state index in [-0.39, 0.29) is 5.82 Å². The SMILES string of the molecule is Cc1nc(-c2cccc(C)c2F)c(C)s1. The van der Waals surface area contributed by atoms with E-state index in [4.69, 9.17) is 0 Å². The maximum atomic E-state index is 13.8. The van der Waals surface area contributed by atoms with Gasteiger partial charge in [0.05, 0.1) is 10.7 Å². The van der Waals surface area contributed by atoms with E-state index in [0.29, 0.717) is 11.1 Å². The molecule has 0 aliphatic heterocycles. The van der Waals surface area contributed by atoms with Crippen LogP contribution in [0.2, 0.25) is 0 Å². The molecule has 0 atom stereocenters. The van der Waals surface area contributed by atoms with Gasteiger partial charge in [0, 0.05) is 10.4 Å². The van der Waals surface area contributed by atoms with Crippen LogP contribution in [0.25, 0.3) is 11.3 Å². The van der Waals surface area contributed by atoms with Crippen LogP contribution in [0, 0.1) is 26.6 Å². The lowest BCUT2D eigenvalue weighted by Crippen LogP contribution is -1.89. The lowest BCUT2D eigenvalue weighted by Gasteiger charge is -2.03. The summed E-state index contributed by atoms with van der Waals surface area (Å²) in [4.78, 5) is 5.43. The van der Waals surface area contributed by atoms with Gasteiger partial charge in [0.1, 0.15) is 5.82 Å². The first-order valence-electron chi connectivity index (χ1n) is 4.79. The first-order valence-corrected chi connectivity index (χ1v) is 5.60. The fourth-order valence-corrected chi connectivity index (χ4v) is 2.44. The van der Waals surface area contributed by atoms with Gasteiger partial charge in [-0.15, -0.1) is 11.3 Å². The first kappa shape index (κ1) is 10.3. The quantitative estimate of drug-likeness (QED) is 0.712. The highest BCUT2D eigenvalue weighted by atomic mass is 32.1. The minimum atomic E-state index is -0.161. The van der Waals surface area contributed by atoms with Gasteiger partial charge in [0.2, 0.25) is 0 Å². The van der Waals surface area contributed by atoms with Crippen molar-refractivity contribution in [3.8, 4) is 11.3 Å². The molecule has 1 heterocycles. The monoisotopic (exact) mass is 221 g/mol. The van der Waals surface area contributed by atoms with Crippen LogP contribution in [0.4, 0.5) is 4.39 Å². The van der Waals surface area contributed by atoms with Gasteiger partial charge in [-0.05, 0) is 32.4 Å². The second-order valence-electron chi connectivity index (χ2n) is 3.57. The second kappa shape index (κ2) is 3.74. The van der Waals surface area contributed by atoms with Crippen LogP contribution >= 0.6 is 11.3 Å². The molecule has 2 aromatic rings. The summed E-state index contributed by atoms with van der Waals surface area (Å²) in [6, 6.07) is 5.42. The van der Waals surface area contributed by atoms with Gasteiger partial charge in [0.15, 0.2) is 0 Å². The smallest absolute Gasteiger partial charge is 0.135 e. The zero-order valence-electron chi connectivity index (χ0n) is 8.97. The highest BCUT2D eigenvalue weighted by molar-refractivity contribution is 7.11. The van der Waals surface area contributed by atoms with Crippen LogP contribution in [0.5, 0.6) is 0 Å². The van der Waals surface area contributed by atoms with Gasteiger partial charge < -0.3 is 0 Å². The summed E-state index contributed by atoms with van der Waals surface area (Å²) in [6.45, 7) is 5.68. The maximum absolute atomic E-state index is 13.8. The third-order valence-electron chi connectivity index (χ3n) is 2.35. The summed E-state index contributed by atoms with van der Waals surface area (Å²) < 4.78 is 13.8. The van der Waals surface area contributed by atoms with Gasteiger partial charge in [0.25, 0.3) is 0 Å². The van der Waals surface area contributed by atoms with Crippen molar-refractivity contribution in [2.75, 3.05) is 0 Å². The lowest BCUT2D eigenvalue weighted by atomic mass is 10.1. The van der Waals surface area contributed by atoms with Crippen molar-refractivity contribution in [1.82, 2.24) is 4.98 Å². The minimum Gasteiger partial charge on any atom is -0.241 e. The topological polar surface area (TPSA) is 12.9 Å². The van der Waals surface area contributed by atoms with Crippen LogP contribution < -0.4 is 0 Å². The van der Waals surface area contributed by atoms with Crippen molar-refractivity contribution in [2.24, 2.45) is 0 Å². The Morgan fingerprint density at radius 3 is 2.53 bits per heavy atom. The Hall–Kier alpha value is -1.22. The Kier molecular flexibility index (Phi) is 2.57. The summed E-state index contributed by atoms with van der Waals surface area (Å²) in [7, 11) is 0. The van der Waals surface area contributed by atoms with Crippen molar-refractivity contribution < 1.29 is 4.39 Å². The average molecular weight is 221 g/mol. The molecule has 0 fully saturated rings.